The zero-order valence-corrected chi connectivity index (χ0v) is 17.5. The Hall–Kier alpha value is -3.85. The number of sulfonamides is 1. The van der Waals surface area contributed by atoms with Crippen LogP contribution in [0.1, 0.15) is 20.7 Å². The van der Waals surface area contributed by atoms with Crippen molar-refractivity contribution in [3.8, 4) is 11.5 Å². The van der Waals surface area contributed by atoms with E-state index in [0.29, 0.717) is 5.69 Å². The van der Waals surface area contributed by atoms with Gasteiger partial charge in [0.1, 0.15) is 16.4 Å². The highest BCUT2D eigenvalue weighted by molar-refractivity contribution is 7.92. The quantitative estimate of drug-likeness (QED) is 0.593. The number of fused-ring (bicyclic) bond motifs is 1. The third-order valence-corrected chi connectivity index (χ3v) is 6.22. The van der Waals surface area contributed by atoms with Gasteiger partial charge in [-0.25, -0.2) is 13.3 Å². The SMILES string of the molecule is COc1cc(S(=O)(=O)Nc2ccccc2)c(OC)cc1N1C(=O)c2ccccc2C1=O. The van der Waals surface area contributed by atoms with Gasteiger partial charge in [0.05, 0.1) is 31.0 Å². The van der Waals surface area contributed by atoms with Gasteiger partial charge in [-0.1, -0.05) is 30.3 Å². The summed E-state index contributed by atoms with van der Waals surface area (Å²) in [4.78, 5) is 26.5. The molecule has 1 aliphatic rings. The van der Waals surface area contributed by atoms with Gasteiger partial charge in [0.15, 0.2) is 0 Å². The summed E-state index contributed by atoms with van der Waals surface area (Å²) in [5, 5.41) is 0. The van der Waals surface area contributed by atoms with Gasteiger partial charge < -0.3 is 9.47 Å². The van der Waals surface area contributed by atoms with Gasteiger partial charge in [-0.15, -0.1) is 0 Å². The molecule has 3 aromatic rings. The molecule has 0 unspecified atom stereocenters. The van der Waals surface area contributed by atoms with E-state index in [1.807, 2.05) is 0 Å². The van der Waals surface area contributed by atoms with E-state index in [9.17, 15) is 18.0 Å². The van der Waals surface area contributed by atoms with Gasteiger partial charge in [0.25, 0.3) is 21.8 Å². The summed E-state index contributed by atoms with van der Waals surface area (Å²) in [6.45, 7) is 0. The fourth-order valence-electron chi connectivity index (χ4n) is 3.36. The molecule has 3 aromatic carbocycles. The normalized spacial score (nSPS) is 13.2. The van der Waals surface area contributed by atoms with Crippen molar-refractivity contribution in [1.82, 2.24) is 0 Å². The van der Waals surface area contributed by atoms with Crippen LogP contribution in [0.5, 0.6) is 11.5 Å². The van der Waals surface area contributed by atoms with Gasteiger partial charge in [-0.05, 0) is 24.3 Å². The minimum absolute atomic E-state index is 0.0312. The zero-order chi connectivity index (χ0) is 22.2. The summed E-state index contributed by atoms with van der Waals surface area (Å²) in [5.41, 5.74) is 0.976. The number of nitrogens with one attached hydrogen (secondary N) is 1. The number of hydrogen-bond donors (Lipinski definition) is 1. The van der Waals surface area contributed by atoms with Crippen LogP contribution in [0.15, 0.2) is 71.6 Å². The second-order valence-corrected chi connectivity index (χ2v) is 8.29. The number of methoxy groups -OCH3 is 2. The maximum atomic E-state index is 13.0. The molecule has 2 amide bonds. The summed E-state index contributed by atoms with van der Waals surface area (Å²) in [6.07, 6.45) is 0. The average molecular weight is 438 g/mol. The van der Waals surface area contributed by atoms with Crippen molar-refractivity contribution in [3.05, 3.63) is 77.9 Å². The lowest BCUT2D eigenvalue weighted by atomic mass is 10.1. The van der Waals surface area contributed by atoms with E-state index in [1.54, 1.807) is 54.6 Å². The fraction of sp³-hybridized carbons (Fsp3) is 0.0909. The summed E-state index contributed by atoms with van der Waals surface area (Å²) < 4.78 is 39.1. The first-order chi connectivity index (χ1) is 14.9. The van der Waals surface area contributed by atoms with E-state index in [-0.39, 0.29) is 33.2 Å². The van der Waals surface area contributed by atoms with E-state index in [0.717, 1.165) is 4.90 Å². The van der Waals surface area contributed by atoms with Crippen molar-refractivity contribution in [1.29, 1.82) is 0 Å². The molecule has 1 heterocycles. The number of ether oxygens (including phenoxy) is 2. The molecule has 0 radical (unpaired) electrons. The molecule has 0 spiro atoms. The molecule has 0 atom stereocenters. The molecule has 0 aromatic heterocycles. The number of carbonyl (C=O) groups is 2. The van der Waals surface area contributed by atoms with Crippen molar-refractivity contribution in [2.24, 2.45) is 0 Å². The average Bonchev–Trinajstić information content (AvgIpc) is 3.03. The monoisotopic (exact) mass is 438 g/mol. The highest BCUT2D eigenvalue weighted by Crippen LogP contribution is 2.41. The third-order valence-electron chi connectivity index (χ3n) is 4.82. The largest absolute Gasteiger partial charge is 0.495 e. The van der Waals surface area contributed by atoms with Crippen LogP contribution in [-0.4, -0.2) is 34.5 Å². The van der Waals surface area contributed by atoms with Crippen LogP contribution in [-0.2, 0) is 10.0 Å². The molecular formula is C22H18N2O6S. The molecule has 4 rings (SSSR count). The van der Waals surface area contributed by atoms with Crippen molar-refractivity contribution in [3.63, 3.8) is 0 Å². The Balaban J connectivity index is 1.81. The van der Waals surface area contributed by atoms with Gasteiger partial charge in [0.2, 0.25) is 0 Å². The van der Waals surface area contributed by atoms with E-state index in [1.165, 1.54) is 26.4 Å². The Kier molecular flexibility index (Phi) is 5.12. The van der Waals surface area contributed by atoms with Crippen LogP contribution in [0.4, 0.5) is 11.4 Å². The lowest BCUT2D eigenvalue weighted by Gasteiger charge is -2.20. The summed E-state index contributed by atoms with van der Waals surface area (Å²) >= 11 is 0. The summed E-state index contributed by atoms with van der Waals surface area (Å²) in [6, 6.07) is 17.3. The van der Waals surface area contributed by atoms with Crippen molar-refractivity contribution in [2.75, 3.05) is 23.8 Å². The molecule has 9 heteroatoms. The van der Waals surface area contributed by atoms with Gasteiger partial charge in [-0.3, -0.25) is 14.3 Å². The summed E-state index contributed by atoms with van der Waals surface area (Å²) in [5.74, 6) is -1.07. The van der Waals surface area contributed by atoms with Crippen LogP contribution in [0.25, 0.3) is 0 Å². The highest BCUT2D eigenvalue weighted by Gasteiger charge is 2.39. The van der Waals surface area contributed by atoms with Gasteiger partial charge >= 0.3 is 0 Å². The van der Waals surface area contributed by atoms with Crippen LogP contribution < -0.4 is 19.1 Å². The predicted molar refractivity (Wildman–Crippen MR) is 114 cm³/mol. The van der Waals surface area contributed by atoms with E-state index in [2.05, 4.69) is 4.72 Å². The van der Waals surface area contributed by atoms with Crippen LogP contribution >= 0.6 is 0 Å². The number of hydrogen-bond acceptors (Lipinski definition) is 6. The van der Waals surface area contributed by atoms with Gasteiger partial charge in [0, 0.05) is 17.8 Å². The maximum Gasteiger partial charge on any atom is 0.266 e. The van der Waals surface area contributed by atoms with Crippen LogP contribution in [0.2, 0.25) is 0 Å². The second-order valence-electron chi connectivity index (χ2n) is 6.64. The fourth-order valence-corrected chi connectivity index (χ4v) is 4.59. The molecule has 1 aliphatic heterocycles. The van der Waals surface area contributed by atoms with Crippen molar-refractivity contribution in [2.45, 2.75) is 4.90 Å². The molecule has 8 nitrogen and oxygen atoms in total. The third kappa shape index (κ3) is 3.49. The first-order valence-electron chi connectivity index (χ1n) is 9.19. The molecule has 0 saturated carbocycles. The molecule has 158 valence electrons. The number of imide groups is 1. The number of amides is 2. The minimum Gasteiger partial charge on any atom is -0.495 e. The van der Waals surface area contributed by atoms with E-state index in [4.69, 9.17) is 9.47 Å². The lowest BCUT2D eigenvalue weighted by Crippen LogP contribution is -2.30. The van der Waals surface area contributed by atoms with Gasteiger partial charge in [-0.2, -0.15) is 0 Å². The molecule has 1 N–H and O–H groups in total. The first-order valence-corrected chi connectivity index (χ1v) is 10.7. The molecule has 31 heavy (non-hydrogen) atoms. The van der Waals surface area contributed by atoms with Crippen LogP contribution in [0, 0.1) is 0 Å². The van der Waals surface area contributed by atoms with Crippen molar-refractivity contribution >= 4 is 33.2 Å². The number of carbonyl (C=O) groups excluding carboxylic acids is 2. The number of rotatable bonds is 6. The zero-order valence-electron chi connectivity index (χ0n) is 16.7. The predicted octanol–water partition coefficient (Wildman–Crippen LogP) is 3.31. The standard InChI is InChI=1S/C22H18N2O6S/c1-29-18-13-20(31(27,28)23-14-8-4-3-5-9-14)19(30-2)12-17(18)24-21(25)15-10-6-7-11-16(15)22(24)26/h3-13,23H,1-2H3. The summed E-state index contributed by atoms with van der Waals surface area (Å²) in [7, 11) is -1.43. The first kappa shape index (κ1) is 20.4. The smallest absolute Gasteiger partial charge is 0.266 e. The Morgan fingerprint density at radius 3 is 1.87 bits per heavy atom. The van der Waals surface area contributed by atoms with E-state index < -0.39 is 21.8 Å². The number of para-hydroxylation sites is 1. The van der Waals surface area contributed by atoms with E-state index >= 15 is 0 Å². The molecule has 0 fully saturated rings. The Bertz CT molecular complexity index is 1250. The number of anilines is 2. The minimum atomic E-state index is -4.05. The Morgan fingerprint density at radius 1 is 0.774 bits per heavy atom. The Labute approximate surface area is 179 Å². The second kappa shape index (κ2) is 7.77. The topological polar surface area (TPSA) is 102 Å². The molecule has 0 bridgehead atoms. The van der Waals surface area contributed by atoms with Crippen LogP contribution in [0.3, 0.4) is 0 Å². The molecular weight excluding hydrogens is 420 g/mol. The number of benzene rings is 3. The molecule has 0 saturated heterocycles. The van der Waals surface area contributed by atoms with Crippen molar-refractivity contribution < 1.29 is 27.5 Å². The Morgan fingerprint density at radius 2 is 1.32 bits per heavy atom. The maximum absolute atomic E-state index is 13.0. The number of nitrogens with zero attached hydrogens (tertiary/aromatic N) is 1. The highest BCUT2D eigenvalue weighted by atomic mass is 32.2. The molecule has 0 aliphatic carbocycles. The lowest BCUT2D eigenvalue weighted by molar-refractivity contribution is 0.0925.